The largest absolute Gasteiger partial charge is 0.460 e. The molecule has 0 amide bonds. The number of ether oxygens (including phenoxy) is 1. The quantitative estimate of drug-likeness (QED) is 0.205. The van der Waals surface area contributed by atoms with Gasteiger partial charge in [0.2, 0.25) is 0 Å². The molecule has 0 fully saturated rings. The number of carbonyl (C=O) groups excluding carboxylic acids is 1. The molecule has 3 aromatic heterocycles. The number of esters is 1. The number of aliphatic hydroxyl groups excluding tert-OH is 1. The Hall–Kier alpha value is -0.383. The van der Waals surface area contributed by atoms with Crippen molar-refractivity contribution < 1.29 is 14.6 Å². The van der Waals surface area contributed by atoms with Crippen LogP contribution in [0.3, 0.4) is 0 Å². The van der Waals surface area contributed by atoms with Crippen LogP contribution in [0.5, 0.6) is 0 Å². The Morgan fingerprint density at radius 2 is 1.46 bits per heavy atom. The minimum absolute atomic E-state index is 0.137. The van der Waals surface area contributed by atoms with Crippen molar-refractivity contribution in [2.45, 2.75) is 32.1 Å². The van der Waals surface area contributed by atoms with Crippen molar-refractivity contribution >= 4 is 79.2 Å². The molecule has 0 aliphatic carbocycles. The maximum atomic E-state index is 11.7. The molecular formula is C18H17Cl3O3S3Si. The molecule has 0 radical (unpaired) electrons. The summed E-state index contributed by atoms with van der Waals surface area (Å²) in [7, 11) is 0. The van der Waals surface area contributed by atoms with Crippen molar-refractivity contribution in [2.75, 3.05) is 0 Å². The number of rotatable bonds is 8. The van der Waals surface area contributed by atoms with Crippen molar-refractivity contribution in [2.24, 2.45) is 0 Å². The maximum absolute atomic E-state index is 11.7. The van der Waals surface area contributed by atoms with Crippen LogP contribution >= 0.6 is 67.2 Å². The molecular weight excluding hydrogens is 495 g/mol. The zero-order valence-corrected chi connectivity index (χ0v) is 20.5. The molecule has 1 N–H and O–H groups in total. The Labute approximate surface area is 190 Å². The van der Waals surface area contributed by atoms with Crippen LogP contribution in [0.15, 0.2) is 36.4 Å². The normalized spacial score (nSPS) is 12.9. The van der Waals surface area contributed by atoms with E-state index in [0.717, 1.165) is 14.6 Å². The lowest BCUT2D eigenvalue weighted by Crippen LogP contribution is -2.17. The molecule has 0 spiro atoms. The van der Waals surface area contributed by atoms with E-state index < -0.39 is 12.0 Å². The lowest BCUT2D eigenvalue weighted by atomic mass is 10.2. The van der Waals surface area contributed by atoms with Gasteiger partial charge >= 0.3 is 12.0 Å². The van der Waals surface area contributed by atoms with Crippen LogP contribution in [-0.2, 0) is 22.6 Å². The van der Waals surface area contributed by atoms with Crippen LogP contribution in [0.4, 0.5) is 0 Å². The van der Waals surface area contributed by atoms with Gasteiger partial charge in [-0.15, -0.1) is 67.2 Å². The number of aliphatic hydroxyl groups is 1. The molecule has 3 rings (SSSR count). The molecule has 28 heavy (non-hydrogen) atoms. The minimum atomic E-state index is -3.01. The molecule has 1 unspecified atom stereocenters. The molecule has 0 bridgehead atoms. The van der Waals surface area contributed by atoms with Gasteiger partial charge in [0, 0.05) is 35.7 Å². The minimum Gasteiger partial charge on any atom is -0.460 e. The van der Waals surface area contributed by atoms with E-state index in [4.69, 9.17) is 38.0 Å². The summed E-state index contributed by atoms with van der Waals surface area (Å²) in [6, 6.07) is 9.22. The van der Waals surface area contributed by atoms with E-state index >= 15 is 0 Å². The van der Waals surface area contributed by atoms with E-state index in [1.54, 1.807) is 40.9 Å². The fourth-order valence-electron chi connectivity index (χ4n) is 2.47. The third kappa shape index (κ3) is 6.57. The average Bonchev–Trinajstić information content (AvgIpc) is 3.30. The molecule has 0 saturated heterocycles. The predicted molar refractivity (Wildman–Crippen MR) is 124 cm³/mol. The lowest BCUT2D eigenvalue weighted by molar-refractivity contribution is -0.142. The first-order valence-corrected chi connectivity index (χ1v) is 16.1. The summed E-state index contributed by atoms with van der Waals surface area (Å²) in [5.74, 6) is -0.481. The van der Waals surface area contributed by atoms with Crippen LogP contribution in [0.25, 0.3) is 19.5 Å². The first-order valence-electron chi connectivity index (χ1n) is 8.38. The van der Waals surface area contributed by atoms with Gasteiger partial charge in [0.05, 0.1) is 12.1 Å². The van der Waals surface area contributed by atoms with Crippen molar-refractivity contribution in [3.05, 3.63) is 46.2 Å². The Morgan fingerprint density at radius 3 is 2.04 bits per heavy atom. The van der Waals surface area contributed by atoms with E-state index in [9.17, 15) is 9.90 Å². The second kappa shape index (κ2) is 9.62. The van der Waals surface area contributed by atoms with Crippen molar-refractivity contribution in [1.82, 2.24) is 0 Å². The molecule has 1 atom stereocenters. The highest BCUT2D eigenvalue weighted by Crippen LogP contribution is 2.40. The van der Waals surface area contributed by atoms with Gasteiger partial charge in [-0.25, -0.2) is 0 Å². The van der Waals surface area contributed by atoms with E-state index in [2.05, 4.69) is 24.3 Å². The van der Waals surface area contributed by atoms with E-state index in [0.29, 0.717) is 6.42 Å². The second-order valence-electron chi connectivity index (χ2n) is 6.20. The van der Waals surface area contributed by atoms with Crippen LogP contribution in [0.2, 0.25) is 6.04 Å². The summed E-state index contributed by atoms with van der Waals surface area (Å²) in [5.41, 5.74) is 0. The number of halogens is 3. The van der Waals surface area contributed by atoms with E-state index in [-0.39, 0.29) is 18.8 Å². The molecule has 0 saturated carbocycles. The Bertz CT molecular complexity index is 943. The monoisotopic (exact) mass is 510 g/mol. The number of thiophene rings is 3. The third-order valence-corrected chi connectivity index (χ3v) is 9.17. The maximum Gasteiger partial charge on any atom is 0.352 e. The van der Waals surface area contributed by atoms with E-state index in [1.807, 2.05) is 12.1 Å². The van der Waals surface area contributed by atoms with Crippen molar-refractivity contribution in [3.8, 4) is 19.5 Å². The third-order valence-electron chi connectivity index (χ3n) is 3.63. The van der Waals surface area contributed by atoms with Crippen LogP contribution in [0.1, 0.15) is 16.7 Å². The molecule has 3 aromatic rings. The summed E-state index contributed by atoms with van der Waals surface area (Å²) in [6.45, 7) is 1.98. The van der Waals surface area contributed by atoms with Gasteiger partial charge in [-0.1, -0.05) is 0 Å². The fourth-order valence-corrected chi connectivity index (χ4v) is 7.11. The van der Waals surface area contributed by atoms with Crippen LogP contribution in [0, 0.1) is 0 Å². The van der Waals surface area contributed by atoms with Crippen molar-refractivity contribution in [1.29, 1.82) is 0 Å². The molecule has 3 heterocycles. The Kier molecular flexibility index (Phi) is 7.66. The van der Waals surface area contributed by atoms with Gasteiger partial charge in [0.15, 0.2) is 0 Å². The molecule has 150 valence electrons. The zero-order chi connectivity index (χ0) is 20.3. The fraction of sp³-hybridized carbons (Fsp3) is 0.278. The van der Waals surface area contributed by atoms with Crippen LogP contribution in [-0.4, -0.2) is 23.2 Å². The summed E-state index contributed by atoms with van der Waals surface area (Å²) >= 11 is 22.2. The summed E-state index contributed by atoms with van der Waals surface area (Å²) in [4.78, 5) is 18.5. The van der Waals surface area contributed by atoms with Crippen molar-refractivity contribution in [3.63, 3.8) is 0 Å². The molecule has 10 heteroatoms. The summed E-state index contributed by atoms with van der Waals surface area (Å²) in [6.07, 6.45) is 0.345. The number of hydrogen-bond acceptors (Lipinski definition) is 6. The highest BCUT2D eigenvalue weighted by Gasteiger charge is 2.29. The molecule has 0 aromatic carbocycles. The van der Waals surface area contributed by atoms with Gasteiger partial charge in [0.25, 0.3) is 0 Å². The van der Waals surface area contributed by atoms with Crippen LogP contribution < -0.4 is 0 Å². The predicted octanol–water partition coefficient (Wildman–Crippen LogP) is 6.83. The first-order chi connectivity index (χ1) is 13.2. The molecule has 0 aliphatic heterocycles. The first kappa shape index (κ1) is 22.3. The Morgan fingerprint density at radius 1 is 0.964 bits per heavy atom. The van der Waals surface area contributed by atoms with Gasteiger partial charge < -0.3 is 9.84 Å². The second-order valence-corrected chi connectivity index (χ2v) is 18.8. The highest BCUT2D eigenvalue weighted by molar-refractivity contribution is 7.65. The molecule has 0 aliphatic rings. The smallest absolute Gasteiger partial charge is 0.352 e. The van der Waals surface area contributed by atoms with Gasteiger partial charge in [-0.3, -0.25) is 4.79 Å². The highest BCUT2D eigenvalue weighted by atomic mass is 35.8. The zero-order valence-electron chi connectivity index (χ0n) is 14.8. The van der Waals surface area contributed by atoms with Gasteiger partial charge in [-0.05, 0) is 43.3 Å². The SMILES string of the molecule is CC(O)Cc1ccc(-c2ccc(-c3ccc(COC(=O)C[Si](Cl)(Cl)Cl)s3)s2)s1. The topological polar surface area (TPSA) is 46.5 Å². The number of hydrogen-bond donors (Lipinski definition) is 1. The van der Waals surface area contributed by atoms with Gasteiger partial charge in [0.1, 0.15) is 6.61 Å². The average molecular weight is 512 g/mol. The standard InChI is InChI=1S/C18H17Cl3O3S3Si/c1-11(22)8-12-2-4-14(25-12)16-6-7-17(27-16)15-5-3-13(26-15)9-24-18(23)10-28(19,20)21/h2-7,11,22H,8-10H2,1H3. The van der Waals surface area contributed by atoms with E-state index in [1.165, 1.54) is 14.6 Å². The summed E-state index contributed by atoms with van der Waals surface area (Å²) in [5, 5.41) is 9.54. The summed E-state index contributed by atoms with van der Waals surface area (Å²) < 4.78 is 5.20. The lowest BCUT2D eigenvalue weighted by Gasteiger charge is -2.07. The Balaban J connectivity index is 1.63. The molecule has 3 nitrogen and oxygen atoms in total. The van der Waals surface area contributed by atoms with Gasteiger partial charge in [-0.2, -0.15) is 0 Å². The number of carbonyl (C=O) groups is 1.